The number of hydrogen-bond donors (Lipinski definition) is 0. The van der Waals surface area contributed by atoms with Gasteiger partial charge in [-0.25, -0.2) is 4.90 Å². The van der Waals surface area contributed by atoms with Crippen molar-refractivity contribution in [2.75, 3.05) is 11.9 Å². The third kappa shape index (κ3) is 4.07. The number of anilines is 1. The van der Waals surface area contributed by atoms with Crippen molar-refractivity contribution in [3.05, 3.63) is 136 Å². The molecule has 1 atom stereocenters. The summed E-state index contributed by atoms with van der Waals surface area (Å²) in [5, 5.41) is 0. The van der Waals surface area contributed by atoms with Gasteiger partial charge in [-0.05, 0) is 71.9 Å². The van der Waals surface area contributed by atoms with Gasteiger partial charge in [-0.3, -0.25) is 28.9 Å². The molecule has 0 N–H and O–H groups in total. The molecule has 4 amide bonds. The Morgan fingerprint density at radius 1 is 0.750 bits per heavy atom. The Kier molecular flexibility index (Phi) is 6.54. The average molecular weight is 585 g/mol. The number of imide groups is 2. The lowest BCUT2D eigenvalue weighted by Crippen LogP contribution is -2.29. The Hall–Kier alpha value is -5.17. The Morgan fingerprint density at radius 3 is 1.84 bits per heavy atom. The second-order valence-corrected chi connectivity index (χ2v) is 12.4. The SMILES string of the molecule is C=CC1=C(/C=C\C)C(C)(C)CC1(C)c1ccc(N2C(=O)c3ccc(C(=O)c4ccc5c(c4)C(=O)N(C)C5=O)cc3C2=O)cc1. The van der Waals surface area contributed by atoms with Crippen LogP contribution in [0.4, 0.5) is 5.69 Å². The Morgan fingerprint density at radius 2 is 1.27 bits per heavy atom. The zero-order valence-electron chi connectivity index (χ0n) is 25.4. The summed E-state index contributed by atoms with van der Waals surface area (Å²) in [6, 6.07) is 16.2. The number of nitrogens with zero attached hydrogens (tertiary/aromatic N) is 2. The molecular weight excluding hydrogens is 552 g/mol. The average Bonchev–Trinajstić information content (AvgIpc) is 3.48. The lowest BCUT2D eigenvalue weighted by atomic mass is 9.73. The van der Waals surface area contributed by atoms with Crippen molar-refractivity contribution in [1.29, 1.82) is 0 Å². The van der Waals surface area contributed by atoms with E-state index in [0.29, 0.717) is 5.69 Å². The number of fused-ring (bicyclic) bond motifs is 2. The number of carbonyl (C=O) groups excluding carboxylic acids is 5. The summed E-state index contributed by atoms with van der Waals surface area (Å²) >= 11 is 0. The molecule has 1 unspecified atom stereocenters. The predicted octanol–water partition coefficient (Wildman–Crippen LogP) is 6.69. The van der Waals surface area contributed by atoms with E-state index in [-0.39, 0.29) is 44.2 Å². The smallest absolute Gasteiger partial charge is 0.266 e. The van der Waals surface area contributed by atoms with Crippen molar-refractivity contribution in [3.63, 3.8) is 0 Å². The quantitative estimate of drug-likeness (QED) is 0.238. The molecule has 3 aromatic rings. The van der Waals surface area contributed by atoms with Crippen molar-refractivity contribution in [2.45, 2.75) is 39.5 Å². The van der Waals surface area contributed by atoms with Crippen LogP contribution in [0.15, 0.2) is 96.6 Å². The van der Waals surface area contributed by atoms with Crippen LogP contribution in [0.25, 0.3) is 0 Å². The number of amides is 4. The van der Waals surface area contributed by atoms with Gasteiger partial charge in [0, 0.05) is 23.6 Å². The third-order valence-electron chi connectivity index (χ3n) is 9.21. The van der Waals surface area contributed by atoms with E-state index in [0.717, 1.165) is 27.4 Å². The maximum atomic E-state index is 13.6. The minimum Gasteiger partial charge on any atom is -0.289 e. The molecule has 3 aliphatic rings. The van der Waals surface area contributed by atoms with E-state index in [4.69, 9.17) is 0 Å². The van der Waals surface area contributed by atoms with Crippen molar-refractivity contribution in [2.24, 2.45) is 5.41 Å². The lowest BCUT2D eigenvalue weighted by Gasteiger charge is -2.30. The molecule has 6 rings (SSSR count). The summed E-state index contributed by atoms with van der Waals surface area (Å²) in [6.07, 6.45) is 7.01. The zero-order valence-corrected chi connectivity index (χ0v) is 25.4. The molecule has 0 spiro atoms. The first-order valence-corrected chi connectivity index (χ1v) is 14.5. The van der Waals surface area contributed by atoms with E-state index in [2.05, 4.69) is 33.4 Å². The summed E-state index contributed by atoms with van der Waals surface area (Å²) in [4.78, 5) is 67.1. The van der Waals surface area contributed by atoms with E-state index >= 15 is 0 Å². The van der Waals surface area contributed by atoms with Crippen LogP contribution in [0.2, 0.25) is 0 Å². The lowest BCUT2D eigenvalue weighted by molar-refractivity contribution is 0.0692. The molecule has 0 aromatic heterocycles. The van der Waals surface area contributed by atoms with Crippen LogP contribution in [-0.2, 0) is 5.41 Å². The molecule has 2 heterocycles. The largest absolute Gasteiger partial charge is 0.289 e. The summed E-state index contributed by atoms with van der Waals surface area (Å²) in [7, 11) is 1.39. The molecule has 0 bridgehead atoms. The highest BCUT2D eigenvalue weighted by Crippen LogP contribution is 2.55. The highest BCUT2D eigenvalue weighted by molar-refractivity contribution is 6.35. The van der Waals surface area contributed by atoms with E-state index < -0.39 is 29.4 Å². The summed E-state index contributed by atoms with van der Waals surface area (Å²) in [5.74, 6) is -2.30. The first-order valence-electron chi connectivity index (χ1n) is 14.5. The van der Waals surface area contributed by atoms with Crippen LogP contribution < -0.4 is 4.90 Å². The minimum atomic E-state index is -0.515. The monoisotopic (exact) mass is 584 g/mol. The first-order chi connectivity index (χ1) is 20.8. The molecule has 220 valence electrons. The van der Waals surface area contributed by atoms with Gasteiger partial charge < -0.3 is 0 Å². The van der Waals surface area contributed by atoms with Gasteiger partial charge in [0.15, 0.2) is 5.78 Å². The fraction of sp³-hybridized carbons (Fsp3) is 0.216. The fourth-order valence-corrected chi connectivity index (χ4v) is 7.08. The number of ketones is 1. The summed E-state index contributed by atoms with van der Waals surface area (Å²) in [5.41, 5.74) is 4.73. The van der Waals surface area contributed by atoms with Gasteiger partial charge >= 0.3 is 0 Å². The van der Waals surface area contributed by atoms with E-state index in [9.17, 15) is 24.0 Å². The van der Waals surface area contributed by atoms with Gasteiger partial charge in [0.1, 0.15) is 0 Å². The number of rotatable bonds is 6. The van der Waals surface area contributed by atoms with Crippen molar-refractivity contribution in [3.8, 4) is 0 Å². The van der Waals surface area contributed by atoms with Gasteiger partial charge in [-0.15, -0.1) is 0 Å². The number of benzene rings is 3. The van der Waals surface area contributed by atoms with E-state index in [1.807, 2.05) is 31.2 Å². The molecule has 1 aliphatic carbocycles. The molecule has 0 radical (unpaired) electrons. The van der Waals surface area contributed by atoms with Crippen molar-refractivity contribution < 1.29 is 24.0 Å². The maximum absolute atomic E-state index is 13.6. The molecule has 3 aromatic carbocycles. The molecule has 0 fully saturated rings. The summed E-state index contributed by atoms with van der Waals surface area (Å²) in [6.45, 7) is 12.8. The molecule has 2 aliphatic heterocycles. The second-order valence-electron chi connectivity index (χ2n) is 12.4. The highest BCUT2D eigenvalue weighted by Gasteiger charge is 2.46. The van der Waals surface area contributed by atoms with Crippen LogP contribution in [0, 0.1) is 5.41 Å². The van der Waals surface area contributed by atoms with E-state index in [1.165, 1.54) is 49.0 Å². The molecule has 0 saturated carbocycles. The van der Waals surface area contributed by atoms with E-state index in [1.54, 1.807) is 12.1 Å². The fourth-order valence-electron chi connectivity index (χ4n) is 7.08. The number of hydrogen-bond acceptors (Lipinski definition) is 5. The van der Waals surface area contributed by atoms with Crippen molar-refractivity contribution >= 4 is 35.1 Å². The molecule has 7 heteroatoms. The van der Waals surface area contributed by atoms with Gasteiger partial charge in [-0.2, -0.15) is 0 Å². The van der Waals surface area contributed by atoms with Gasteiger partial charge in [0.25, 0.3) is 23.6 Å². The Labute approximate surface area is 256 Å². The zero-order chi connectivity index (χ0) is 31.7. The number of carbonyl (C=O) groups is 5. The third-order valence-corrected chi connectivity index (χ3v) is 9.21. The standard InChI is InChI=1S/C37H32N2O5/c1-7-9-30-29(8-2)37(5,20-36(30,3)4)23-12-14-24(15-13-23)39-34(43)26-17-11-22(19-28(26)35(39)44)31(40)21-10-16-25-27(18-21)33(42)38(6)32(25)41/h7-19H,2,20H2,1,3-6H3/b9-7-. The van der Waals surface area contributed by atoms with Gasteiger partial charge in [0.2, 0.25) is 0 Å². The van der Waals surface area contributed by atoms with Crippen LogP contribution >= 0.6 is 0 Å². The van der Waals surface area contributed by atoms with Gasteiger partial charge in [-0.1, -0.05) is 69.8 Å². The van der Waals surface area contributed by atoms with Crippen molar-refractivity contribution in [1.82, 2.24) is 4.90 Å². The molecule has 7 nitrogen and oxygen atoms in total. The molecular formula is C37H32N2O5. The Balaban J connectivity index is 1.29. The molecule has 44 heavy (non-hydrogen) atoms. The predicted molar refractivity (Wildman–Crippen MR) is 168 cm³/mol. The minimum absolute atomic E-state index is 0.0514. The number of allylic oxidation sites excluding steroid dienone is 5. The Bertz CT molecular complexity index is 1910. The maximum Gasteiger partial charge on any atom is 0.266 e. The normalized spacial score (nSPS) is 20.7. The van der Waals surface area contributed by atoms with Crippen LogP contribution in [-0.4, -0.2) is 41.4 Å². The van der Waals surface area contributed by atoms with Crippen LogP contribution in [0.1, 0.15) is 97.0 Å². The first kappa shape index (κ1) is 28.9. The summed E-state index contributed by atoms with van der Waals surface area (Å²) < 4.78 is 0. The second kappa shape index (κ2) is 9.95. The van der Waals surface area contributed by atoms with Crippen LogP contribution in [0.3, 0.4) is 0 Å². The topological polar surface area (TPSA) is 91.8 Å². The van der Waals surface area contributed by atoms with Gasteiger partial charge in [0.05, 0.1) is 27.9 Å². The highest BCUT2D eigenvalue weighted by atomic mass is 16.2. The molecule has 0 saturated heterocycles. The van der Waals surface area contributed by atoms with Crippen LogP contribution in [0.5, 0.6) is 0 Å².